The van der Waals surface area contributed by atoms with Crippen LogP contribution in [0.2, 0.25) is 10.0 Å². The summed E-state index contributed by atoms with van der Waals surface area (Å²) in [7, 11) is -3.79. The summed E-state index contributed by atoms with van der Waals surface area (Å²) < 4.78 is 26.4. The first kappa shape index (κ1) is 29.9. The number of rotatable bonds is 10. The van der Waals surface area contributed by atoms with E-state index < -0.39 is 34.1 Å². The number of nitrogens with one attached hydrogen (secondary N) is 1. The molecule has 198 valence electrons. The second kappa shape index (κ2) is 12.3. The van der Waals surface area contributed by atoms with Crippen LogP contribution in [0, 0.1) is 0 Å². The SMILES string of the molecule is CCc1ccc(N(CC(=O)N(Cc2ccc(Cl)cc2Cl)[C@H](CC)C(=O)NC(C)(C)C)S(C)(=O)=O)cc1. The molecule has 0 aliphatic heterocycles. The molecule has 36 heavy (non-hydrogen) atoms. The molecular weight excluding hydrogens is 521 g/mol. The number of nitrogens with zero attached hydrogens (tertiary/aromatic N) is 2. The molecule has 2 aromatic rings. The lowest BCUT2D eigenvalue weighted by atomic mass is 10.1. The van der Waals surface area contributed by atoms with Crippen molar-refractivity contribution in [3.63, 3.8) is 0 Å². The molecule has 0 aliphatic carbocycles. The Balaban J connectivity index is 2.48. The number of sulfonamides is 1. The molecular formula is C26H35Cl2N3O4S. The molecule has 0 spiro atoms. The van der Waals surface area contributed by atoms with E-state index >= 15 is 0 Å². The third kappa shape index (κ3) is 8.39. The van der Waals surface area contributed by atoms with Gasteiger partial charge in [-0.15, -0.1) is 0 Å². The summed E-state index contributed by atoms with van der Waals surface area (Å²) in [5, 5.41) is 3.72. The summed E-state index contributed by atoms with van der Waals surface area (Å²) in [5.74, 6) is -0.858. The number of carbonyl (C=O) groups excluding carboxylic acids is 2. The van der Waals surface area contributed by atoms with Crippen LogP contribution in [0.15, 0.2) is 42.5 Å². The van der Waals surface area contributed by atoms with Gasteiger partial charge in [-0.3, -0.25) is 13.9 Å². The molecule has 0 aromatic heterocycles. The highest BCUT2D eigenvalue weighted by molar-refractivity contribution is 7.92. The Morgan fingerprint density at radius 2 is 1.64 bits per heavy atom. The third-order valence-corrected chi connectivity index (χ3v) is 7.28. The Labute approximate surface area is 224 Å². The average Bonchev–Trinajstić information content (AvgIpc) is 2.76. The highest BCUT2D eigenvalue weighted by Crippen LogP contribution is 2.25. The van der Waals surface area contributed by atoms with Gasteiger partial charge in [-0.1, -0.05) is 55.2 Å². The number of hydrogen-bond donors (Lipinski definition) is 1. The number of hydrogen-bond acceptors (Lipinski definition) is 4. The zero-order valence-electron chi connectivity index (χ0n) is 21.6. The Hall–Kier alpha value is -2.29. The standard InChI is InChI=1S/C26H35Cl2N3O4S/c1-7-18-9-13-21(14-10-18)31(36(6,34)35)17-24(32)30(16-19-11-12-20(27)15-22(19)28)23(8-2)25(33)29-26(3,4)5/h9-15,23H,7-8,16-17H2,1-6H3,(H,29,33)/t23-/m1/s1. The summed E-state index contributed by atoms with van der Waals surface area (Å²) in [6, 6.07) is 11.1. The zero-order chi connectivity index (χ0) is 27.3. The quantitative estimate of drug-likeness (QED) is 0.444. The van der Waals surface area contributed by atoms with Crippen LogP contribution in [0.4, 0.5) is 5.69 Å². The van der Waals surface area contributed by atoms with Crippen molar-refractivity contribution in [1.29, 1.82) is 0 Å². The molecule has 0 bridgehead atoms. The van der Waals surface area contributed by atoms with E-state index in [1.54, 1.807) is 37.3 Å². The molecule has 2 amide bonds. The highest BCUT2D eigenvalue weighted by atomic mass is 35.5. The van der Waals surface area contributed by atoms with Crippen molar-refractivity contribution >= 4 is 50.7 Å². The lowest BCUT2D eigenvalue weighted by Gasteiger charge is -2.34. The minimum atomic E-state index is -3.79. The monoisotopic (exact) mass is 555 g/mol. The molecule has 10 heteroatoms. The molecule has 0 radical (unpaired) electrons. The number of anilines is 1. The fourth-order valence-electron chi connectivity index (χ4n) is 3.72. The lowest BCUT2D eigenvalue weighted by molar-refractivity contribution is -0.141. The van der Waals surface area contributed by atoms with E-state index in [1.165, 1.54) is 4.90 Å². The fraction of sp³-hybridized carbons (Fsp3) is 0.462. The highest BCUT2D eigenvalue weighted by Gasteiger charge is 2.33. The van der Waals surface area contributed by atoms with Crippen LogP contribution in [0.3, 0.4) is 0 Å². The summed E-state index contributed by atoms with van der Waals surface area (Å²) in [6.45, 7) is 8.91. The average molecular weight is 557 g/mol. The Kier molecular flexibility index (Phi) is 10.2. The molecule has 0 aliphatic rings. The van der Waals surface area contributed by atoms with Crippen LogP contribution in [0.1, 0.15) is 52.2 Å². The molecule has 1 atom stereocenters. The van der Waals surface area contributed by atoms with Gasteiger partial charge in [0.2, 0.25) is 21.8 Å². The molecule has 0 saturated heterocycles. The normalized spacial score (nSPS) is 12.7. The molecule has 0 unspecified atom stereocenters. The molecule has 0 fully saturated rings. The van der Waals surface area contributed by atoms with Crippen LogP contribution < -0.4 is 9.62 Å². The minimum absolute atomic E-state index is 0.0112. The number of amides is 2. The van der Waals surface area contributed by atoms with Crippen LogP contribution in [-0.4, -0.2) is 49.5 Å². The number of halogens is 2. The van der Waals surface area contributed by atoms with E-state index in [1.807, 2.05) is 39.8 Å². The summed E-state index contributed by atoms with van der Waals surface area (Å²) >= 11 is 12.4. The van der Waals surface area contributed by atoms with Gasteiger partial charge in [0, 0.05) is 22.1 Å². The molecule has 2 rings (SSSR count). The van der Waals surface area contributed by atoms with Gasteiger partial charge in [-0.25, -0.2) is 8.42 Å². The van der Waals surface area contributed by atoms with E-state index in [-0.39, 0.29) is 12.5 Å². The van der Waals surface area contributed by atoms with Crippen molar-refractivity contribution in [3.05, 3.63) is 63.6 Å². The third-order valence-electron chi connectivity index (χ3n) is 5.55. The molecule has 2 aromatic carbocycles. The van der Waals surface area contributed by atoms with E-state index in [2.05, 4.69) is 5.32 Å². The van der Waals surface area contributed by atoms with E-state index in [9.17, 15) is 18.0 Å². The maximum absolute atomic E-state index is 13.7. The van der Waals surface area contributed by atoms with Crippen LogP contribution in [-0.2, 0) is 32.6 Å². The van der Waals surface area contributed by atoms with Gasteiger partial charge in [-0.05, 0) is 69.0 Å². The first-order valence-electron chi connectivity index (χ1n) is 11.8. The van der Waals surface area contributed by atoms with Gasteiger partial charge in [0.25, 0.3) is 0 Å². The first-order chi connectivity index (χ1) is 16.7. The van der Waals surface area contributed by atoms with Crippen LogP contribution in [0.5, 0.6) is 0 Å². The number of carbonyl (C=O) groups is 2. The molecule has 0 saturated carbocycles. The smallest absolute Gasteiger partial charge is 0.244 e. The Bertz CT molecular complexity index is 1180. The predicted octanol–water partition coefficient (Wildman–Crippen LogP) is 5.04. The van der Waals surface area contributed by atoms with Gasteiger partial charge in [0.1, 0.15) is 12.6 Å². The number of benzene rings is 2. The molecule has 0 heterocycles. The topological polar surface area (TPSA) is 86.8 Å². The summed E-state index contributed by atoms with van der Waals surface area (Å²) in [6.07, 6.45) is 2.18. The summed E-state index contributed by atoms with van der Waals surface area (Å²) in [4.78, 5) is 28.3. The Morgan fingerprint density at radius 3 is 2.11 bits per heavy atom. The zero-order valence-corrected chi connectivity index (χ0v) is 24.0. The second-order valence-electron chi connectivity index (χ2n) is 9.71. The van der Waals surface area contributed by atoms with Crippen LogP contribution in [0.25, 0.3) is 0 Å². The predicted molar refractivity (Wildman–Crippen MR) is 147 cm³/mol. The van der Waals surface area contributed by atoms with Crippen molar-refractivity contribution in [1.82, 2.24) is 10.2 Å². The number of aryl methyl sites for hydroxylation is 1. The largest absolute Gasteiger partial charge is 0.350 e. The van der Waals surface area contributed by atoms with Gasteiger partial charge in [0.15, 0.2) is 0 Å². The minimum Gasteiger partial charge on any atom is -0.350 e. The lowest BCUT2D eigenvalue weighted by Crippen LogP contribution is -2.55. The fourth-order valence-corrected chi connectivity index (χ4v) is 5.04. The maximum Gasteiger partial charge on any atom is 0.244 e. The first-order valence-corrected chi connectivity index (χ1v) is 14.4. The molecule has 7 nitrogen and oxygen atoms in total. The van der Waals surface area contributed by atoms with Crippen molar-refractivity contribution in [2.45, 2.75) is 65.6 Å². The van der Waals surface area contributed by atoms with Crippen molar-refractivity contribution in [2.75, 3.05) is 17.1 Å². The second-order valence-corrected chi connectivity index (χ2v) is 12.5. The van der Waals surface area contributed by atoms with Crippen molar-refractivity contribution < 1.29 is 18.0 Å². The maximum atomic E-state index is 13.7. The van der Waals surface area contributed by atoms with E-state index in [0.29, 0.717) is 27.7 Å². The van der Waals surface area contributed by atoms with Crippen LogP contribution >= 0.6 is 23.2 Å². The molecule has 1 N–H and O–H groups in total. The summed E-state index contributed by atoms with van der Waals surface area (Å²) in [5.41, 5.74) is 1.49. The Morgan fingerprint density at radius 1 is 1.03 bits per heavy atom. The van der Waals surface area contributed by atoms with Gasteiger partial charge in [0.05, 0.1) is 11.9 Å². The van der Waals surface area contributed by atoms with Gasteiger partial charge < -0.3 is 10.2 Å². The van der Waals surface area contributed by atoms with Gasteiger partial charge in [-0.2, -0.15) is 0 Å². The van der Waals surface area contributed by atoms with E-state index in [0.717, 1.165) is 22.5 Å². The van der Waals surface area contributed by atoms with Crippen molar-refractivity contribution in [3.8, 4) is 0 Å². The van der Waals surface area contributed by atoms with Gasteiger partial charge >= 0.3 is 0 Å². The van der Waals surface area contributed by atoms with E-state index in [4.69, 9.17) is 23.2 Å². The van der Waals surface area contributed by atoms with Crippen molar-refractivity contribution in [2.24, 2.45) is 0 Å².